The van der Waals surface area contributed by atoms with Crippen molar-refractivity contribution in [2.24, 2.45) is 7.05 Å². The Labute approximate surface area is 119 Å². The van der Waals surface area contributed by atoms with E-state index in [1.165, 1.54) is 5.56 Å². The van der Waals surface area contributed by atoms with Gasteiger partial charge in [-0.3, -0.25) is 0 Å². The number of imidazole rings is 1. The Balaban J connectivity index is 1.92. The zero-order chi connectivity index (χ0) is 14.5. The van der Waals surface area contributed by atoms with E-state index in [9.17, 15) is 4.79 Å². The summed E-state index contributed by atoms with van der Waals surface area (Å²) in [5.41, 5.74) is 3.34. The number of hydrogen-bond donors (Lipinski definition) is 2. The van der Waals surface area contributed by atoms with Gasteiger partial charge in [-0.1, -0.05) is 13.0 Å². The number of fused-ring (bicyclic) bond motifs is 1. The lowest BCUT2D eigenvalue weighted by molar-refractivity contribution is 0.241. The first-order valence-electron chi connectivity index (χ1n) is 7.05. The monoisotopic (exact) mass is 274 g/mol. The molecule has 2 amide bonds. The van der Waals surface area contributed by atoms with Crippen LogP contribution in [0.5, 0.6) is 0 Å². The third kappa shape index (κ3) is 3.29. The molecule has 0 aliphatic heterocycles. The second kappa shape index (κ2) is 6.41. The number of nitrogens with one attached hydrogen (secondary N) is 2. The van der Waals surface area contributed by atoms with Crippen LogP contribution in [0.3, 0.4) is 0 Å². The van der Waals surface area contributed by atoms with E-state index >= 15 is 0 Å². The predicted molar refractivity (Wildman–Crippen MR) is 80.8 cm³/mol. The Morgan fingerprint density at radius 3 is 2.80 bits per heavy atom. The van der Waals surface area contributed by atoms with Crippen LogP contribution >= 0.6 is 0 Å². The van der Waals surface area contributed by atoms with E-state index in [2.05, 4.69) is 38.4 Å². The lowest BCUT2D eigenvalue weighted by atomic mass is 10.1. The number of benzene rings is 1. The lowest BCUT2D eigenvalue weighted by Crippen LogP contribution is -2.36. The smallest absolute Gasteiger partial charge is 0.314 e. The van der Waals surface area contributed by atoms with Crippen LogP contribution in [0.1, 0.15) is 24.7 Å². The first-order chi connectivity index (χ1) is 9.61. The largest absolute Gasteiger partial charge is 0.338 e. The van der Waals surface area contributed by atoms with Gasteiger partial charge in [0, 0.05) is 20.1 Å². The molecule has 5 heteroatoms. The normalized spacial score (nSPS) is 10.8. The van der Waals surface area contributed by atoms with Crippen molar-refractivity contribution in [2.75, 3.05) is 13.1 Å². The molecule has 0 atom stereocenters. The number of nitrogens with zero attached hydrogens (tertiary/aromatic N) is 2. The maximum atomic E-state index is 11.4. The summed E-state index contributed by atoms with van der Waals surface area (Å²) in [7, 11) is 2.02. The lowest BCUT2D eigenvalue weighted by Gasteiger charge is -2.06. The highest BCUT2D eigenvalue weighted by Crippen LogP contribution is 2.16. The van der Waals surface area contributed by atoms with Gasteiger partial charge in [-0.05, 0) is 37.5 Å². The first-order valence-corrected chi connectivity index (χ1v) is 7.05. The molecule has 0 aliphatic rings. The number of carbonyl (C=O) groups excluding carboxylic acids is 1. The summed E-state index contributed by atoms with van der Waals surface area (Å²) in [5, 5.41) is 5.65. The molecule has 20 heavy (non-hydrogen) atoms. The van der Waals surface area contributed by atoms with Gasteiger partial charge in [0.15, 0.2) is 0 Å². The van der Waals surface area contributed by atoms with Crippen molar-refractivity contribution in [1.29, 1.82) is 0 Å². The molecular weight excluding hydrogens is 252 g/mol. The molecule has 0 saturated carbocycles. The second-order valence-electron chi connectivity index (χ2n) is 4.97. The van der Waals surface area contributed by atoms with Gasteiger partial charge in [0.1, 0.15) is 5.82 Å². The van der Waals surface area contributed by atoms with Gasteiger partial charge in [-0.25, -0.2) is 9.78 Å². The molecule has 5 nitrogen and oxygen atoms in total. The van der Waals surface area contributed by atoms with Crippen LogP contribution < -0.4 is 10.6 Å². The van der Waals surface area contributed by atoms with Crippen molar-refractivity contribution in [2.45, 2.75) is 26.7 Å². The maximum absolute atomic E-state index is 11.4. The molecule has 1 aromatic heterocycles. The van der Waals surface area contributed by atoms with Crippen LogP contribution in [0.2, 0.25) is 0 Å². The average Bonchev–Trinajstić information content (AvgIpc) is 2.71. The first kappa shape index (κ1) is 14.4. The second-order valence-corrected chi connectivity index (χ2v) is 4.97. The van der Waals surface area contributed by atoms with E-state index in [4.69, 9.17) is 0 Å². The van der Waals surface area contributed by atoms with Crippen molar-refractivity contribution >= 4 is 17.1 Å². The number of aromatic nitrogens is 2. The summed E-state index contributed by atoms with van der Waals surface area (Å²) < 4.78 is 2.08. The average molecular weight is 274 g/mol. The molecule has 2 aromatic rings. The Morgan fingerprint density at radius 1 is 1.30 bits per heavy atom. The molecule has 2 rings (SSSR count). The van der Waals surface area contributed by atoms with Crippen LogP contribution in [-0.4, -0.2) is 28.7 Å². The standard InChI is InChI=1S/C15H22N4O/c1-4-8-16-15(20)17-9-7-12-5-6-14-13(10-12)18-11(2)19(14)3/h5-6,10H,4,7-9H2,1-3H3,(H2,16,17,20). The summed E-state index contributed by atoms with van der Waals surface area (Å²) in [6, 6.07) is 6.17. The number of rotatable bonds is 5. The van der Waals surface area contributed by atoms with Crippen LogP contribution in [0.15, 0.2) is 18.2 Å². The molecule has 0 saturated heterocycles. The van der Waals surface area contributed by atoms with Gasteiger partial charge in [-0.2, -0.15) is 0 Å². The maximum Gasteiger partial charge on any atom is 0.314 e. The molecule has 1 heterocycles. The summed E-state index contributed by atoms with van der Waals surface area (Å²) in [6.45, 7) is 5.38. The molecule has 2 N–H and O–H groups in total. The predicted octanol–water partition coefficient (Wildman–Crippen LogP) is 2.13. The van der Waals surface area contributed by atoms with E-state index in [0.29, 0.717) is 13.1 Å². The van der Waals surface area contributed by atoms with Gasteiger partial charge in [0.05, 0.1) is 11.0 Å². The van der Waals surface area contributed by atoms with Crippen molar-refractivity contribution in [3.05, 3.63) is 29.6 Å². The minimum Gasteiger partial charge on any atom is -0.338 e. The Kier molecular flexibility index (Phi) is 4.61. The van der Waals surface area contributed by atoms with E-state index < -0.39 is 0 Å². The van der Waals surface area contributed by atoms with Crippen LogP contribution in [0.4, 0.5) is 4.79 Å². The fourth-order valence-corrected chi connectivity index (χ4v) is 2.14. The molecule has 0 spiro atoms. The summed E-state index contributed by atoms with van der Waals surface area (Å²) in [4.78, 5) is 15.9. The topological polar surface area (TPSA) is 59.0 Å². The molecular formula is C15H22N4O. The number of aryl methyl sites for hydroxylation is 2. The third-order valence-electron chi connectivity index (χ3n) is 3.40. The number of carbonyl (C=O) groups is 1. The van der Waals surface area contributed by atoms with Crippen LogP contribution in [0, 0.1) is 6.92 Å². The molecule has 0 radical (unpaired) electrons. The Hall–Kier alpha value is -2.04. The zero-order valence-electron chi connectivity index (χ0n) is 12.4. The summed E-state index contributed by atoms with van der Waals surface area (Å²) in [6.07, 6.45) is 1.76. The molecule has 1 aromatic carbocycles. The third-order valence-corrected chi connectivity index (χ3v) is 3.40. The zero-order valence-corrected chi connectivity index (χ0v) is 12.4. The van der Waals surface area contributed by atoms with Crippen molar-refractivity contribution < 1.29 is 4.79 Å². The van der Waals surface area contributed by atoms with Crippen LogP contribution in [0.25, 0.3) is 11.0 Å². The molecule has 0 unspecified atom stereocenters. The SMILES string of the molecule is CCCNC(=O)NCCc1ccc2c(c1)nc(C)n2C. The Morgan fingerprint density at radius 2 is 2.05 bits per heavy atom. The van der Waals surface area contributed by atoms with Crippen molar-refractivity contribution in [1.82, 2.24) is 20.2 Å². The number of urea groups is 1. The van der Waals surface area contributed by atoms with Gasteiger partial charge >= 0.3 is 6.03 Å². The van der Waals surface area contributed by atoms with Gasteiger partial charge < -0.3 is 15.2 Å². The fourth-order valence-electron chi connectivity index (χ4n) is 2.14. The fraction of sp³-hybridized carbons (Fsp3) is 0.467. The van der Waals surface area contributed by atoms with E-state index in [1.807, 2.05) is 20.9 Å². The Bertz CT molecular complexity index is 603. The molecule has 108 valence electrons. The minimum absolute atomic E-state index is 0.0957. The highest BCUT2D eigenvalue weighted by molar-refractivity contribution is 5.77. The highest BCUT2D eigenvalue weighted by atomic mass is 16.2. The van der Waals surface area contributed by atoms with Crippen molar-refractivity contribution in [3.8, 4) is 0 Å². The minimum atomic E-state index is -0.0957. The summed E-state index contributed by atoms with van der Waals surface area (Å²) >= 11 is 0. The van der Waals surface area contributed by atoms with Crippen molar-refractivity contribution in [3.63, 3.8) is 0 Å². The quantitative estimate of drug-likeness (QED) is 0.877. The van der Waals surface area contributed by atoms with E-state index in [-0.39, 0.29) is 6.03 Å². The van der Waals surface area contributed by atoms with Crippen LogP contribution in [-0.2, 0) is 13.5 Å². The molecule has 0 fully saturated rings. The van der Waals surface area contributed by atoms with Gasteiger partial charge in [-0.15, -0.1) is 0 Å². The highest BCUT2D eigenvalue weighted by Gasteiger charge is 2.05. The summed E-state index contributed by atoms with van der Waals surface area (Å²) in [5.74, 6) is 1.01. The van der Waals surface area contributed by atoms with Gasteiger partial charge in [0.2, 0.25) is 0 Å². The van der Waals surface area contributed by atoms with E-state index in [1.54, 1.807) is 0 Å². The van der Waals surface area contributed by atoms with E-state index in [0.717, 1.165) is 29.7 Å². The number of amides is 2. The van der Waals surface area contributed by atoms with Gasteiger partial charge in [0.25, 0.3) is 0 Å². The molecule has 0 aliphatic carbocycles. The number of hydrogen-bond acceptors (Lipinski definition) is 2. The molecule has 0 bridgehead atoms.